The first kappa shape index (κ1) is 29.5. The normalized spacial score (nSPS) is 13.0. The summed E-state index contributed by atoms with van der Waals surface area (Å²) >= 11 is 0. The molecule has 6 heteroatoms. The van der Waals surface area contributed by atoms with Gasteiger partial charge < -0.3 is 14.8 Å². The molecule has 1 heterocycles. The summed E-state index contributed by atoms with van der Waals surface area (Å²) in [6.07, 6.45) is 6.94. The van der Waals surface area contributed by atoms with E-state index in [0.717, 1.165) is 11.1 Å². The number of carbonyl (C=O) groups is 1. The van der Waals surface area contributed by atoms with Gasteiger partial charge in [-0.3, -0.25) is 4.79 Å². The van der Waals surface area contributed by atoms with Crippen molar-refractivity contribution in [2.45, 2.75) is 54.5 Å². The number of rotatable bonds is 8. The van der Waals surface area contributed by atoms with E-state index in [1.165, 1.54) is 6.07 Å². The molecule has 2 N–H and O–H groups in total. The van der Waals surface area contributed by atoms with Crippen LogP contribution in [0.15, 0.2) is 81.1 Å². The Kier molecular flexibility index (Phi) is 10.8. The second kappa shape index (κ2) is 13.5. The smallest absolute Gasteiger partial charge is 0.335 e. The van der Waals surface area contributed by atoms with Gasteiger partial charge in [0, 0.05) is 23.7 Å². The molecule has 0 aliphatic carbocycles. The lowest BCUT2D eigenvalue weighted by Crippen LogP contribution is -2.24. The molecule has 196 valence electrons. The Balaban J connectivity index is 0.00000235. The third kappa shape index (κ3) is 6.71. The number of hydrogen-bond acceptors (Lipinski definition) is 4. The van der Waals surface area contributed by atoms with Crippen LogP contribution in [0.3, 0.4) is 0 Å². The average Bonchev–Trinajstić information content (AvgIpc) is 2.89. The molecule has 3 rings (SSSR count). The fraction of sp³-hybridized carbons (Fsp3) is 0.290. The van der Waals surface area contributed by atoms with Crippen molar-refractivity contribution < 1.29 is 18.7 Å². The van der Waals surface area contributed by atoms with E-state index in [2.05, 4.69) is 5.32 Å². The van der Waals surface area contributed by atoms with Crippen molar-refractivity contribution in [3.8, 4) is 11.3 Å². The van der Waals surface area contributed by atoms with Crippen LogP contribution in [0, 0.1) is 19.7 Å². The first-order chi connectivity index (χ1) is 17.7. The molecule has 0 aliphatic heterocycles. The molecule has 3 aromatic rings. The lowest BCUT2D eigenvalue weighted by molar-refractivity contribution is -0.132. The largest absolute Gasteiger partial charge is 0.478 e. The number of allylic oxidation sites excluding steroid dienone is 4. The highest BCUT2D eigenvalue weighted by molar-refractivity contribution is 5.92. The molecule has 5 nitrogen and oxygen atoms in total. The van der Waals surface area contributed by atoms with Gasteiger partial charge in [-0.05, 0) is 64.0 Å². The zero-order chi connectivity index (χ0) is 27.7. The van der Waals surface area contributed by atoms with Crippen molar-refractivity contribution in [1.82, 2.24) is 5.32 Å². The molecule has 1 atom stereocenters. The van der Waals surface area contributed by atoms with E-state index in [-0.39, 0.29) is 34.9 Å². The zero-order valence-corrected chi connectivity index (χ0v) is 22.6. The van der Waals surface area contributed by atoms with Gasteiger partial charge in [0.25, 0.3) is 0 Å². The van der Waals surface area contributed by atoms with E-state index in [1.807, 2.05) is 46.8 Å². The van der Waals surface area contributed by atoms with Gasteiger partial charge in [-0.25, -0.2) is 9.18 Å². The molecule has 0 radical (unpaired) electrons. The number of nitrogens with one attached hydrogen (secondary N) is 1. The standard InChI is InChI=1S/C29H30FNO4.C2H6/c1-6-8-11-20(21(7-2)29(33)34)16-31-19(5)23-14-17(3)15-24-26(32)18(4)27(35-28(23)24)22-12-9-10-13-25(22)30;1-2/h6-15,19,31H,16H2,1-5H3,(H,33,34);1-2H3/b8-6-,20-11-,21-7-;. The zero-order valence-electron chi connectivity index (χ0n) is 22.6. The van der Waals surface area contributed by atoms with E-state index >= 15 is 0 Å². The third-order valence-electron chi connectivity index (χ3n) is 5.93. The van der Waals surface area contributed by atoms with Crippen molar-refractivity contribution in [3.63, 3.8) is 0 Å². The van der Waals surface area contributed by atoms with Crippen molar-refractivity contribution in [3.05, 3.63) is 105 Å². The van der Waals surface area contributed by atoms with Crippen molar-refractivity contribution in [2.75, 3.05) is 6.54 Å². The van der Waals surface area contributed by atoms with Crippen LogP contribution < -0.4 is 10.7 Å². The maximum absolute atomic E-state index is 14.6. The van der Waals surface area contributed by atoms with Crippen LogP contribution in [0.5, 0.6) is 0 Å². The molecule has 37 heavy (non-hydrogen) atoms. The van der Waals surface area contributed by atoms with Crippen LogP contribution in [0.1, 0.15) is 57.4 Å². The topological polar surface area (TPSA) is 79.5 Å². The molecule has 0 aliphatic rings. The Labute approximate surface area is 218 Å². The second-order valence-electron chi connectivity index (χ2n) is 8.42. The van der Waals surface area contributed by atoms with Crippen LogP contribution in [-0.4, -0.2) is 17.6 Å². The van der Waals surface area contributed by atoms with Gasteiger partial charge in [0.1, 0.15) is 17.2 Å². The molecule has 0 spiro atoms. The second-order valence-corrected chi connectivity index (χ2v) is 8.42. The highest BCUT2D eigenvalue weighted by atomic mass is 19.1. The van der Waals surface area contributed by atoms with Gasteiger partial charge in [-0.2, -0.15) is 0 Å². The minimum atomic E-state index is -1.00. The average molecular weight is 506 g/mol. The van der Waals surface area contributed by atoms with E-state index in [4.69, 9.17) is 4.42 Å². The van der Waals surface area contributed by atoms with Crippen LogP contribution >= 0.6 is 0 Å². The number of aryl methyl sites for hydroxylation is 1. The number of carboxylic acid groups (broad SMARTS) is 1. The molecule has 2 aromatic carbocycles. The molecular formula is C31H36FNO4. The lowest BCUT2D eigenvalue weighted by atomic mass is 9.98. The predicted octanol–water partition coefficient (Wildman–Crippen LogP) is 7.43. The predicted molar refractivity (Wildman–Crippen MR) is 149 cm³/mol. The number of benzene rings is 2. The van der Waals surface area contributed by atoms with Crippen molar-refractivity contribution in [2.24, 2.45) is 0 Å². The Morgan fingerprint density at radius 3 is 2.43 bits per heavy atom. The van der Waals surface area contributed by atoms with Gasteiger partial charge in [-0.15, -0.1) is 0 Å². The van der Waals surface area contributed by atoms with Crippen LogP contribution in [-0.2, 0) is 4.79 Å². The quantitative estimate of drug-likeness (QED) is 0.246. The molecule has 0 saturated heterocycles. The Bertz CT molecular complexity index is 1410. The highest BCUT2D eigenvalue weighted by Crippen LogP contribution is 2.32. The Morgan fingerprint density at radius 1 is 1.16 bits per heavy atom. The third-order valence-corrected chi connectivity index (χ3v) is 5.93. The van der Waals surface area contributed by atoms with Crippen LogP contribution in [0.25, 0.3) is 22.3 Å². The molecule has 0 bridgehead atoms. The summed E-state index contributed by atoms with van der Waals surface area (Å²) in [5.74, 6) is -1.27. The van der Waals surface area contributed by atoms with Crippen LogP contribution in [0.2, 0.25) is 0 Å². The summed E-state index contributed by atoms with van der Waals surface area (Å²) in [7, 11) is 0. The number of carboxylic acids is 1. The minimum absolute atomic E-state index is 0.202. The first-order valence-corrected chi connectivity index (χ1v) is 12.5. The minimum Gasteiger partial charge on any atom is -0.478 e. The van der Waals surface area contributed by atoms with E-state index < -0.39 is 11.8 Å². The van der Waals surface area contributed by atoms with Gasteiger partial charge in [0.05, 0.1) is 16.5 Å². The summed E-state index contributed by atoms with van der Waals surface area (Å²) in [6.45, 7) is 13.3. The van der Waals surface area contributed by atoms with Crippen LogP contribution in [0.4, 0.5) is 4.39 Å². The van der Waals surface area contributed by atoms with Crippen molar-refractivity contribution in [1.29, 1.82) is 0 Å². The number of fused-ring (bicyclic) bond motifs is 1. The van der Waals surface area contributed by atoms with Gasteiger partial charge in [0.2, 0.25) is 0 Å². The number of hydrogen-bond donors (Lipinski definition) is 2. The summed E-state index contributed by atoms with van der Waals surface area (Å²) in [6, 6.07) is 9.61. The number of aliphatic carboxylic acids is 1. The van der Waals surface area contributed by atoms with Crippen molar-refractivity contribution >= 4 is 16.9 Å². The van der Waals surface area contributed by atoms with Gasteiger partial charge in [-0.1, -0.05) is 56.4 Å². The number of halogens is 1. The van der Waals surface area contributed by atoms with E-state index in [9.17, 15) is 19.1 Å². The molecule has 0 fully saturated rings. The van der Waals surface area contributed by atoms with E-state index in [0.29, 0.717) is 22.1 Å². The first-order valence-electron chi connectivity index (χ1n) is 12.5. The monoisotopic (exact) mass is 505 g/mol. The fourth-order valence-electron chi connectivity index (χ4n) is 4.07. The molecule has 1 unspecified atom stereocenters. The summed E-state index contributed by atoms with van der Waals surface area (Å²) in [5.41, 5.74) is 3.19. The summed E-state index contributed by atoms with van der Waals surface area (Å²) in [4.78, 5) is 25.0. The molecule has 1 aromatic heterocycles. The summed E-state index contributed by atoms with van der Waals surface area (Å²) < 4.78 is 20.8. The maximum Gasteiger partial charge on any atom is 0.335 e. The Hall–Kier alpha value is -3.77. The van der Waals surface area contributed by atoms with Gasteiger partial charge >= 0.3 is 5.97 Å². The molecule has 0 amide bonds. The highest BCUT2D eigenvalue weighted by Gasteiger charge is 2.21. The van der Waals surface area contributed by atoms with Gasteiger partial charge in [0.15, 0.2) is 5.43 Å². The lowest BCUT2D eigenvalue weighted by Gasteiger charge is -2.19. The SMILES string of the molecule is CC.C\C=C/C=C(CNC(C)c1cc(C)cc2c(=O)c(C)c(-c3ccccc3F)oc12)\C(=C\C)C(=O)O. The summed E-state index contributed by atoms with van der Waals surface area (Å²) in [5, 5.41) is 13.4. The maximum atomic E-state index is 14.6. The Morgan fingerprint density at radius 2 is 1.84 bits per heavy atom. The van der Waals surface area contributed by atoms with E-state index in [1.54, 1.807) is 56.3 Å². The fourth-order valence-corrected chi connectivity index (χ4v) is 4.07. The molecular weight excluding hydrogens is 469 g/mol. The molecule has 0 saturated carbocycles.